The largest absolute Gasteiger partial charge is 0.444 e. The Balaban J connectivity index is 2.49. The quantitative estimate of drug-likeness (QED) is 0.667. The molecular formula is C10H16N4O2. The van der Waals surface area contributed by atoms with E-state index in [1.54, 1.807) is 27.8 Å². The lowest BCUT2D eigenvalue weighted by Crippen LogP contribution is -2.36. The molecule has 1 heterocycles. The van der Waals surface area contributed by atoms with Gasteiger partial charge in [0.15, 0.2) is 0 Å². The van der Waals surface area contributed by atoms with E-state index < -0.39 is 11.7 Å². The highest BCUT2D eigenvalue weighted by atomic mass is 16.6. The fourth-order valence-electron chi connectivity index (χ4n) is 1.24. The number of hydrogen-bond acceptors (Lipinski definition) is 5. The molecule has 0 aromatic heterocycles. The number of nitrogens with one attached hydrogen (secondary N) is 1. The number of carbonyl (C=O) groups excluding carboxylic acids is 1. The number of hydrazone groups is 1. The predicted octanol–water partition coefficient (Wildman–Crippen LogP) is 1.05. The van der Waals surface area contributed by atoms with Crippen LogP contribution in [0.5, 0.6) is 0 Å². The van der Waals surface area contributed by atoms with Gasteiger partial charge in [-0.25, -0.2) is 4.79 Å². The summed E-state index contributed by atoms with van der Waals surface area (Å²) in [5, 5.41) is 16.8. The number of ether oxygens (including phenoxy) is 1. The van der Waals surface area contributed by atoms with E-state index in [-0.39, 0.29) is 6.04 Å². The van der Waals surface area contributed by atoms with E-state index in [9.17, 15) is 4.79 Å². The summed E-state index contributed by atoms with van der Waals surface area (Å²) in [5.41, 5.74) is -0.538. The third-order valence-corrected chi connectivity index (χ3v) is 1.91. The maximum atomic E-state index is 11.4. The number of rotatable bonds is 0. The van der Waals surface area contributed by atoms with Crippen molar-refractivity contribution in [3.8, 4) is 6.07 Å². The van der Waals surface area contributed by atoms with Gasteiger partial charge in [0, 0.05) is 13.5 Å². The molecule has 1 unspecified atom stereocenters. The minimum absolute atomic E-state index is 0.315. The van der Waals surface area contributed by atoms with Crippen LogP contribution in [0.3, 0.4) is 0 Å². The Bertz CT molecular complexity index is 351. The maximum Gasteiger partial charge on any atom is 0.413 e. The fourth-order valence-corrected chi connectivity index (χ4v) is 1.24. The monoisotopic (exact) mass is 224 g/mol. The number of hydrogen-bond donors (Lipinski definition) is 1. The summed E-state index contributed by atoms with van der Waals surface area (Å²) < 4.78 is 5.07. The molecule has 88 valence electrons. The highest BCUT2D eigenvalue weighted by molar-refractivity contribution is 5.96. The molecule has 1 atom stereocenters. The molecule has 0 fully saturated rings. The molecule has 0 aliphatic carbocycles. The number of nitriles is 1. The van der Waals surface area contributed by atoms with Crippen molar-refractivity contribution in [1.82, 2.24) is 10.3 Å². The summed E-state index contributed by atoms with van der Waals surface area (Å²) in [7, 11) is 1.69. The summed E-state index contributed by atoms with van der Waals surface area (Å²) in [6.45, 7) is 5.35. The van der Waals surface area contributed by atoms with Crippen LogP contribution in [0.25, 0.3) is 0 Å². The van der Waals surface area contributed by atoms with Crippen molar-refractivity contribution >= 4 is 11.9 Å². The third kappa shape index (κ3) is 3.42. The number of amidine groups is 1. The standard InChI is InChI=1S/C10H16N4O2/c1-10(2,3)16-9(15)12-8-5-7(6-11)14(4)13-8/h7H,5H2,1-4H3,(H,12,13,15). The minimum atomic E-state index is -0.543. The number of alkyl carbamates (subject to hydrolysis) is 1. The zero-order chi connectivity index (χ0) is 12.3. The van der Waals surface area contributed by atoms with Gasteiger partial charge in [0.2, 0.25) is 0 Å². The highest BCUT2D eigenvalue weighted by Crippen LogP contribution is 2.12. The molecule has 0 aromatic carbocycles. The Hall–Kier alpha value is -1.77. The Labute approximate surface area is 94.9 Å². The maximum absolute atomic E-state index is 11.4. The van der Waals surface area contributed by atoms with Crippen LogP contribution in [0.1, 0.15) is 27.2 Å². The molecule has 16 heavy (non-hydrogen) atoms. The van der Waals surface area contributed by atoms with Gasteiger partial charge in [-0.1, -0.05) is 0 Å². The molecule has 0 spiro atoms. The van der Waals surface area contributed by atoms with Gasteiger partial charge in [-0.15, -0.1) is 0 Å². The molecule has 0 saturated carbocycles. The summed E-state index contributed by atoms with van der Waals surface area (Å²) in [4.78, 5) is 11.4. The van der Waals surface area contributed by atoms with Crippen molar-refractivity contribution in [2.45, 2.75) is 38.8 Å². The SMILES string of the molecule is CN1N=C(NC(=O)OC(C)(C)C)CC1C#N. The molecule has 1 aliphatic heterocycles. The van der Waals surface area contributed by atoms with Crippen LogP contribution in [0.2, 0.25) is 0 Å². The molecule has 1 amide bonds. The number of carbonyl (C=O) groups is 1. The second-order valence-electron chi connectivity index (χ2n) is 4.60. The van der Waals surface area contributed by atoms with Gasteiger partial charge in [-0.2, -0.15) is 10.4 Å². The molecule has 1 N–H and O–H groups in total. The fraction of sp³-hybridized carbons (Fsp3) is 0.700. The van der Waals surface area contributed by atoms with Gasteiger partial charge >= 0.3 is 6.09 Å². The third-order valence-electron chi connectivity index (χ3n) is 1.91. The lowest BCUT2D eigenvalue weighted by molar-refractivity contribution is 0.0562. The van der Waals surface area contributed by atoms with Gasteiger partial charge in [0.05, 0.1) is 6.07 Å². The lowest BCUT2D eigenvalue weighted by Gasteiger charge is -2.19. The average Bonchev–Trinajstić information content (AvgIpc) is 2.42. The Morgan fingerprint density at radius 1 is 1.69 bits per heavy atom. The molecule has 6 heteroatoms. The summed E-state index contributed by atoms with van der Waals surface area (Å²) in [5.74, 6) is 0.461. The first-order valence-electron chi connectivity index (χ1n) is 5.02. The van der Waals surface area contributed by atoms with Gasteiger partial charge in [0.25, 0.3) is 0 Å². The first kappa shape index (κ1) is 12.3. The Morgan fingerprint density at radius 3 is 2.75 bits per heavy atom. The Kier molecular flexibility index (Phi) is 3.38. The summed E-state index contributed by atoms with van der Waals surface area (Å²) >= 11 is 0. The topological polar surface area (TPSA) is 77.7 Å². The van der Waals surface area contributed by atoms with E-state index in [1.165, 1.54) is 5.01 Å². The summed E-state index contributed by atoms with van der Waals surface area (Å²) in [6.07, 6.45) is -0.134. The number of nitrogens with zero attached hydrogens (tertiary/aromatic N) is 3. The van der Waals surface area contributed by atoms with Crippen molar-refractivity contribution in [2.24, 2.45) is 5.10 Å². The lowest BCUT2D eigenvalue weighted by atomic mass is 10.2. The molecule has 0 bridgehead atoms. The van der Waals surface area contributed by atoms with E-state index in [2.05, 4.69) is 16.5 Å². The van der Waals surface area contributed by atoms with E-state index >= 15 is 0 Å². The normalized spacial score (nSPS) is 20.1. The van der Waals surface area contributed by atoms with Gasteiger partial charge in [0.1, 0.15) is 17.5 Å². The van der Waals surface area contributed by atoms with Crippen molar-refractivity contribution < 1.29 is 9.53 Å². The predicted molar refractivity (Wildman–Crippen MR) is 58.6 cm³/mol. The van der Waals surface area contributed by atoms with Gasteiger partial charge < -0.3 is 4.74 Å². The molecule has 0 saturated heterocycles. The van der Waals surface area contributed by atoms with Crippen LogP contribution < -0.4 is 5.32 Å². The van der Waals surface area contributed by atoms with Crippen molar-refractivity contribution in [3.05, 3.63) is 0 Å². The van der Waals surface area contributed by atoms with Crippen molar-refractivity contribution in [3.63, 3.8) is 0 Å². The first-order chi connectivity index (χ1) is 7.31. The van der Waals surface area contributed by atoms with Gasteiger partial charge in [-0.3, -0.25) is 10.3 Å². The number of amides is 1. The molecule has 1 aliphatic rings. The van der Waals surface area contributed by atoms with Crippen LogP contribution in [-0.4, -0.2) is 35.6 Å². The first-order valence-corrected chi connectivity index (χ1v) is 5.02. The Morgan fingerprint density at radius 2 is 2.31 bits per heavy atom. The van der Waals surface area contributed by atoms with E-state index in [1.807, 2.05) is 0 Å². The highest BCUT2D eigenvalue weighted by Gasteiger charge is 2.26. The molecule has 0 radical (unpaired) electrons. The molecule has 6 nitrogen and oxygen atoms in total. The summed E-state index contributed by atoms with van der Waals surface area (Å²) in [6, 6.07) is 1.77. The molecule has 1 rings (SSSR count). The minimum Gasteiger partial charge on any atom is -0.444 e. The smallest absolute Gasteiger partial charge is 0.413 e. The van der Waals surface area contributed by atoms with Crippen LogP contribution in [-0.2, 0) is 4.74 Å². The van der Waals surface area contributed by atoms with Crippen molar-refractivity contribution in [1.29, 1.82) is 5.26 Å². The average molecular weight is 224 g/mol. The zero-order valence-electron chi connectivity index (χ0n) is 9.94. The van der Waals surface area contributed by atoms with Gasteiger partial charge in [-0.05, 0) is 20.8 Å². The molecule has 0 aromatic rings. The zero-order valence-corrected chi connectivity index (χ0v) is 9.94. The van der Waals surface area contributed by atoms with Crippen LogP contribution in [0.15, 0.2) is 5.10 Å². The second-order valence-corrected chi connectivity index (χ2v) is 4.60. The van der Waals surface area contributed by atoms with E-state index in [0.717, 1.165) is 0 Å². The van der Waals surface area contributed by atoms with Crippen LogP contribution in [0.4, 0.5) is 4.79 Å². The van der Waals surface area contributed by atoms with E-state index in [4.69, 9.17) is 10.00 Å². The van der Waals surface area contributed by atoms with Crippen LogP contribution >= 0.6 is 0 Å². The second kappa shape index (κ2) is 4.39. The van der Waals surface area contributed by atoms with E-state index in [0.29, 0.717) is 12.3 Å². The molecular weight excluding hydrogens is 208 g/mol. The van der Waals surface area contributed by atoms with Crippen molar-refractivity contribution in [2.75, 3.05) is 7.05 Å². The van der Waals surface area contributed by atoms with Crippen LogP contribution in [0, 0.1) is 11.3 Å².